The molecule has 2 aromatic rings. The van der Waals surface area contributed by atoms with E-state index in [4.69, 9.17) is 13.9 Å². The first-order valence-corrected chi connectivity index (χ1v) is 8.66. The second-order valence-corrected chi connectivity index (χ2v) is 5.79. The topological polar surface area (TPSA) is 39.4 Å². The van der Waals surface area contributed by atoms with Crippen LogP contribution in [0, 0.1) is 13.8 Å². The van der Waals surface area contributed by atoms with Crippen molar-refractivity contribution in [1.29, 1.82) is 0 Å². The minimum atomic E-state index is 0.750. The van der Waals surface area contributed by atoms with Gasteiger partial charge in [-0.3, -0.25) is 0 Å². The van der Waals surface area contributed by atoms with Gasteiger partial charge >= 0.3 is 0 Å². The molecule has 0 bridgehead atoms. The van der Waals surface area contributed by atoms with Gasteiger partial charge in [-0.2, -0.15) is 0 Å². The lowest BCUT2D eigenvalue weighted by Crippen LogP contribution is -1.97. The number of rotatable bonds is 8. The lowest BCUT2D eigenvalue weighted by Gasteiger charge is -2.06. The molecule has 0 aliphatic carbocycles. The Balaban J connectivity index is 0.000000816. The second-order valence-electron chi connectivity index (χ2n) is 5.79. The molecule has 0 fully saturated rings. The number of hydrogen-bond donors (Lipinski definition) is 0. The van der Waals surface area contributed by atoms with Crippen LogP contribution in [0.5, 0.6) is 5.75 Å². The average Bonchev–Trinajstić information content (AvgIpc) is 2.82. The minimum absolute atomic E-state index is 0.750. The fraction of sp³-hybridized carbons (Fsp3) is 0.550. The fourth-order valence-electron chi connectivity index (χ4n) is 2.48. The molecule has 0 unspecified atom stereocenters. The predicted octanol–water partition coefficient (Wildman–Crippen LogP) is 5.99. The standard InChI is InChI=1S/C18H26O2.C2H4O/c1-4-5-6-7-8-9-12-19-16-10-11-18-17(13-16)14(2)15(3)20-18;1-2-3/h10-11,13H,4-9,12H2,1-3H3;2H,1H3. The summed E-state index contributed by atoms with van der Waals surface area (Å²) in [7, 11) is 0. The van der Waals surface area contributed by atoms with Crippen LogP contribution in [0.25, 0.3) is 11.0 Å². The molecule has 0 aliphatic rings. The first kappa shape index (κ1) is 19.3. The van der Waals surface area contributed by atoms with E-state index in [1.165, 1.54) is 50.0 Å². The summed E-state index contributed by atoms with van der Waals surface area (Å²) in [5.74, 6) is 1.95. The predicted molar refractivity (Wildman–Crippen MR) is 96.3 cm³/mol. The molecule has 1 aromatic carbocycles. The van der Waals surface area contributed by atoms with Crippen molar-refractivity contribution >= 4 is 17.3 Å². The zero-order valence-electron chi connectivity index (χ0n) is 15.0. The van der Waals surface area contributed by atoms with Crippen LogP contribution >= 0.6 is 0 Å². The summed E-state index contributed by atoms with van der Waals surface area (Å²) in [5, 5.41) is 1.17. The molecule has 1 heterocycles. The van der Waals surface area contributed by atoms with Gasteiger partial charge in [-0.05, 0) is 51.0 Å². The highest BCUT2D eigenvalue weighted by atomic mass is 16.5. The van der Waals surface area contributed by atoms with Crippen LogP contribution in [0.3, 0.4) is 0 Å². The van der Waals surface area contributed by atoms with Crippen molar-refractivity contribution in [2.45, 2.75) is 66.2 Å². The summed E-state index contributed by atoms with van der Waals surface area (Å²) in [6, 6.07) is 6.10. The van der Waals surface area contributed by atoms with Gasteiger partial charge in [0.2, 0.25) is 0 Å². The molecule has 2 rings (SSSR count). The van der Waals surface area contributed by atoms with Crippen LogP contribution < -0.4 is 4.74 Å². The second kappa shape index (κ2) is 10.9. The van der Waals surface area contributed by atoms with E-state index in [-0.39, 0.29) is 0 Å². The molecular weight excluding hydrogens is 288 g/mol. The van der Waals surface area contributed by atoms with Crippen molar-refractivity contribution in [1.82, 2.24) is 0 Å². The summed E-state index contributed by atoms with van der Waals surface area (Å²) < 4.78 is 11.5. The Bertz CT molecular complexity index is 584. The first-order chi connectivity index (χ1) is 11.1. The molecule has 0 radical (unpaired) electrons. The number of benzene rings is 1. The highest BCUT2D eigenvalue weighted by Crippen LogP contribution is 2.28. The van der Waals surface area contributed by atoms with Crippen molar-refractivity contribution in [2.24, 2.45) is 0 Å². The highest BCUT2D eigenvalue weighted by molar-refractivity contribution is 5.83. The normalized spacial score (nSPS) is 10.3. The maximum Gasteiger partial charge on any atom is 0.134 e. The molecule has 3 heteroatoms. The van der Waals surface area contributed by atoms with Gasteiger partial charge in [-0.15, -0.1) is 0 Å². The van der Waals surface area contributed by atoms with E-state index in [1.54, 1.807) is 0 Å². The number of ether oxygens (including phenoxy) is 1. The van der Waals surface area contributed by atoms with Gasteiger partial charge < -0.3 is 13.9 Å². The molecule has 0 saturated heterocycles. The molecule has 0 N–H and O–H groups in total. The van der Waals surface area contributed by atoms with Crippen molar-refractivity contribution in [2.75, 3.05) is 6.61 Å². The van der Waals surface area contributed by atoms with E-state index < -0.39 is 0 Å². The Morgan fingerprint density at radius 1 is 1.09 bits per heavy atom. The summed E-state index contributed by atoms with van der Waals surface area (Å²) in [6.45, 7) is 8.61. The smallest absolute Gasteiger partial charge is 0.134 e. The molecule has 0 aliphatic heterocycles. The highest BCUT2D eigenvalue weighted by Gasteiger charge is 2.07. The van der Waals surface area contributed by atoms with Crippen LogP contribution in [0.15, 0.2) is 22.6 Å². The molecular formula is C20H30O3. The summed E-state index contributed by atoms with van der Waals surface area (Å²) >= 11 is 0. The molecule has 0 saturated carbocycles. The Hall–Kier alpha value is -1.77. The van der Waals surface area contributed by atoms with Crippen molar-refractivity contribution in [3.63, 3.8) is 0 Å². The summed E-state index contributed by atoms with van der Waals surface area (Å²) in [4.78, 5) is 8.81. The molecule has 23 heavy (non-hydrogen) atoms. The lowest BCUT2D eigenvalue weighted by atomic mass is 10.1. The van der Waals surface area contributed by atoms with Crippen LogP contribution in [0.2, 0.25) is 0 Å². The molecule has 1 aromatic heterocycles. The van der Waals surface area contributed by atoms with Crippen LogP contribution in [-0.2, 0) is 4.79 Å². The SMILES string of the molecule is CC=O.CCCCCCCCOc1ccc2oc(C)c(C)c2c1. The van der Waals surface area contributed by atoms with Crippen LogP contribution in [0.4, 0.5) is 0 Å². The zero-order chi connectivity index (χ0) is 17.1. The maximum absolute atomic E-state index is 8.81. The number of hydrogen-bond acceptors (Lipinski definition) is 3. The molecule has 0 spiro atoms. The van der Waals surface area contributed by atoms with Gasteiger partial charge in [0.25, 0.3) is 0 Å². The van der Waals surface area contributed by atoms with E-state index in [0.717, 1.165) is 36.4 Å². The van der Waals surface area contributed by atoms with E-state index in [0.29, 0.717) is 0 Å². The number of carbonyl (C=O) groups excluding carboxylic acids is 1. The molecule has 0 amide bonds. The summed E-state index contributed by atoms with van der Waals surface area (Å²) in [6.07, 6.45) is 8.51. The number of carbonyl (C=O) groups is 1. The van der Waals surface area contributed by atoms with Crippen molar-refractivity contribution < 1.29 is 13.9 Å². The number of unbranched alkanes of at least 4 members (excludes halogenated alkanes) is 5. The van der Waals surface area contributed by atoms with Gasteiger partial charge in [0.15, 0.2) is 0 Å². The van der Waals surface area contributed by atoms with E-state index in [2.05, 4.69) is 19.9 Å². The van der Waals surface area contributed by atoms with E-state index in [1.807, 2.05) is 19.1 Å². The molecule has 3 nitrogen and oxygen atoms in total. The molecule has 0 atom stereocenters. The minimum Gasteiger partial charge on any atom is -0.494 e. The third kappa shape index (κ3) is 6.47. The quantitative estimate of drug-likeness (QED) is 0.443. The number of aryl methyl sites for hydroxylation is 2. The number of furan rings is 1. The van der Waals surface area contributed by atoms with Crippen LogP contribution in [0.1, 0.15) is 63.7 Å². The van der Waals surface area contributed by atoms with E-state index >= 15 is 0 Å². The Kier molecular flexibility index (Phi) is 9.11. The summed E-state index contributed by atoms with van der Waals surface area (Å²) in [5.41, 5.74) is 2.16. The first-order valence-electron chi connectivity index (χ1n) is 8.66. The van der Waals surface area contributed by atoms with Gasteiger partial charge in [-0.1, -0.05) is 39.0 Å². The largest absolute Gasteiger partial charge is 0.494 e. The van der Waals surface area contributed by atoms with Gasteiger partial charge in [0.1, 0.15) is 23.4 Å². The monoisotopic (exact) mass is 318 g/mol. The third-order valence-corrected chi connectivity index (χ3v) is 3.91. The van der Waals surface area contributed by atoms with Crippen molar-refractivity contribution in [3.8, 4) is 5.75 Å². The number of aldehydes is 1. The Morgan fingerprint density at radius 3 is 2.43 bits per heavy atom. The average molecular weight is 318 g/mol. The third-order valence-electron chi connectivity index (χ3n) is 3.91. The fourth-order valence-corrected chi connectivity index (χ4v) is 2.48. The zero-order valence-corrected chi connectivity index (χ0v) is 15.0. The van der Waals surface area contributed by atoms with Crippen molar-refractivity contribution in [3.05, 3.63) is 29.5 Å². The number of fused-ring (bicyclic) bond motifs is 1. The Morgan fingerprint density at radius 2 is 1.74 bits per heavy atom. The molecule has 128 valence electrons. The van der Waals surface area contributed by atoms with Gasteiger partial charge in [0, 0.05) is 5.39 Å². The van der Waals surface area contributed by atoms with Gasteiger partial charge in [-0.25, -0.2) is 0 Å². The maximum atomic E-state index is 8.81. The Labute approximate surface area is 140 Å². The van der Waals surface area contributed by atoms with Crippen LogP contribution in [-0.4, -0.2) is 12.9 Å². The van der Waals surface area contributed by atoms with E-state index in [9.17, 15) is 0 Å². The lowest BCUT2D eigenvalue weighted by molar-refractivity contribution is -0.106. The van der Waals surface area contributed by atoms with Gasteiger partial charge in [0.05, 0.1) is 6.61 Å².